The SMILES string of the molecule is C=C/C=C1\C(=C/C=C)N=CCc2c1ccc(C)c2C. The van der Waals surface area contributed by atoms with Crippen molar-refractivity contribution in [1.29, 1.82) is 0 Å². The number of fused-ring (bicyclic) bond motifs is 1. The number of nitrogens with zero attached hydrogens (tertiary/aromatic N) is 1. The Morgan fingerprint density at radius 3 is 2.53 bits per heavy atom. The van der Waals surface area contributed by atoms with Crippen LogP contribution in [0.1, 0.15) is 22.3 Å². The molecule has 0 radical (unpaired) electrons. The molecule has 1 aliphatic rings. The van der Waals surface area contributed by atoms with Crippen LogP contribution in [0.15, 0.2) is 60.3 Å². The number of benzene rings is 1. The molecule has 2 rings (SSSR count). The molecule has 0 atom stereocenters. The Kier molecular flexibility index (Phi) is 3.96. The van der Waals surface area contributed by atoms with Gasteiger partial charge in [-0.3, -0.25) is 4.99 Å². The zero-order valence-corrected chi connectivity index (χ0v) is 11.6. The second-order valence-electron chi connectivity index (χ2n) is 4.65. The fraction of sp³-hybridized carbons (Fsp3) is 0.167. The van der Waals surface area contributed by atoms with Crippen molar-refractivity contribution in [3.8, 4) is 0 Å². The molecule has 0 spiro atoms. The minimum atomic E-state index is 0.867. The van der Waals surface area contributed by atoms with Crippen LogP contribution in [0.25, 0.3) is 5.57 Å². The molecule has 1 aromatic rings. The Hall–Kier alpha value is -2.15. The Labute approximate surface area is 115 Å². The molecule has 0 saturated carbocycles. The van der Waals surface area contributed by atoms with Gasteiger partial charge in [0.25, 0.3) is 0 Å². The third kappa shape index (κ3) is 2.50. The van der Waals surface area contributed by atoms with Gasteiger partial charge in [-0.05, 0) is 42.2 Å². The molecular weight excluding hydrogens is 230 g/mol. The van der Waals surface area contributed by atoms with Gasteiger partial charge in [0.1, 0.15) is 0 Å². The first kappa shape index (κ1) is 13.3. The van der Waals surface area contributed by atoms with Crippen LogP contribution >= 0.6 is 0 Å². The lowest BCUT2D eigenvalue weighted by Gasteiger charge is -2.14. The van der Waals surface area contributed by atoms with Crippen LogP contribution in [0, 0.1) is 13.8 Å². The van der Waals surface area contributed by atoms with E-state index in [0.29, 0.717) is 0 Å². The van der Waals surface area contributed by atoms with E-state index in [4.69, 9.17) is 0 Å². The Bertz CT molecular complexity index is 613. The zero-order chi connectivity index (χ0) is 13.8. The van der Waals surface area contributed by atoms with Crippen molar-refractivity contribution in [2.45, 2.75) is 20.3 Å². The molecule has 0 amide bonds. The maximum absolute atomic E-state index is 4.55. The number of aryl methyl sites for hydroxylation is 1. The number of hydrogen-bond acceptors (Lipinski definition) is 1. The first-order chi connectivity index (χ1) is 9.19. The van der Waals surface area contributed by atoms with Crippen LogP contribution in [-0.4, -0.2) is 6.21 Å². The van der Waals surface area contributed by atoms with Crippen molar-refractivity contribution in [2.24, 2.45) is 4.99 Å². The van der Waals surface area contributed by atoms with Gasteiger partial charge in [-0.15, -0.1) is 0 Å². The topological polar surface area (TPSA) is 12.4 Å². The predicted molar refractivity (Wildman–Crippen MR) is 84.6 cm³/mol. The average molecular weight is 249 g/mol. The van der Waals surface area contributed by atoms with Crippen LogP contribution in [0.4, 0.5) is 0 Å². The smallest absolute Gasteiger partial charge is 0.0704 e. The van der Waals surface area contributed by atoms with E-state index in [1.807, 2.05) is 24.4 Å². The number of aliphatic imine (C=N–C) groups is 1. The molecule has 0 fully saturated rings. The van der Waals surface area contributed by atoms with Gasteiger partial charge in [0.05, 0.1) is 5.70 Å². The highest BCUT2D eigenvalue weighted by atomic mass is 14.7. The fourth-order valence-electron chi connectivity index (χ4n) is 2.37. The highest BCUT2D eigenvalue weighted by molar-refractivity contribution is 5.87. The first-order valence-corrected chi connectivity index (χ1v) is 6.46. The van der Waals surface area contributed by atoms with E-state index >= 15 is 0 Å². The van der Waals surface area contributed by atoms with Crippen molar-refractivity contribution in [2.75, 3.05) is 0 Å². The van der Waals surface area contributed by atoms with E-state index in [2.05, 4.69) is 44.1 Å². The minimum absolute atomic E-state index is 0.867. The van der Waals surface area contributed by atoms with Crippen LogP contribution in [0.3, 0.4) is 0 Å². The normalized spacial score (nSPS) is 18.2. The van der Waals surface area contributed by atoms with E-state index in [0.717, 1.165) is 17.7 Å². The summed E-state index contributed by atoms with van der Waals surface area (Å²) in [6.07, 6.45) is 10.4. The van der Waals surface area contributed by atoms with Crippen LogP contribution in [0.5, 0.6) is 0 Å². The third-order valence-corrected chi connectivity index (χ3v) is 3.52. The predicted octanol–water partition coefficient (Wildman–Crippen LogP) is 4.57. The second kappa shape index (κ2) is 5.66. The lowest BCUT2D eigenvalue weighted by Crippen LogP contribution is -1.98. The van der Waals surface area contributed by atoms with E-state index in [1.54, 1.807) is 6.08 Å². The van der Waals surface area contributed by atoms with Crippen molar-refractivity contribution in [1.82, 2.24) is 0 Å². The Balaban J connectivity index is 2.73. The van der Waals surface area contributed by atoms with Gasteiger partial charge in [-0.2, -0.15) is 0 Å². The summed E-state index contributed by atoms with van der Waals surface area (Å²) in [6.45, 7) is 11.9. The fourth-order valence-corrected chi connectivity index (χ4v) is 2.37. The van der Waals surface area contributed by atoms with Crippen LogP contribution in [-0.2, 0) is 6.42 Å². The van der Waals surface area contributed by atoms with Crippen molar-refractivity contribution >= 4 is 11.8 Å². The van der Waals surface area contributed by atoms with E-state index in [9.17, 15) is 0 Å². The first-order valence-electron chi connectivity index (χ1n) is 6.46. The highest BCUT2D eigenvalue weighted by Gasteiger charge is 2.16. The molecule has 1 nitrogen and oxygen atoms in total. The van der Waals surface area contributed by atoms with Crippen LogP contribution in [0.2, 0.25) is 0 Å². The van der Waals surface area contributed by atoms with Gasteiger partial charge in [-0.1, -0.05) is 43.5 Å². The van der Waals surface area contributed by atoms with Gasteiger partial charge in [-0.25, -0.2) is 0 Å². The van der Waals surface area contributed by atoms with Gasteiger partial charge in [0.15, 0.2) is 0 Å². The zero-order valence-electron chi connectivity index (χ0n) is 11.6. The molecule has 1 aliphatic heterocycles. The molecule has 0 aromatic heterocycles. The Morgan fingerprint density at radius 2 is 1.84 bits per heavy atom. The van der Waals surface area contributed by atoms with Crippen molar-refractivity contribution < 1.29 is 0 Å². The maximum Gasteiger partial charge on any atom is 0.0704 e. The lowest BCUT2D eigenvalue weighted by molar-refractivity contribution is 1.22. The largest absolute Gasteiger partial charge is 0.260 e. The molecule has 19 heavy (non-hydrogen) atoms. The molecule has 0 saturated heterocycles. The molecular formula is C18H19N. The van der Waals surface area contributed by atoms with E-state index in [1.165, 1.54) is 22.3 Å². The summed E-state index contributed by atoms with van der Waals surface area (Å²) in [6, 6.07) is 4.35. The van der Waals surface area contributed by atoms with Gasteiger partial charge in [0.2, 0.25) is 0 Å². The molecule has 0 aliphatic carbocycles. The number of hydrogen-bond donors (Lipinski definition) is 0. The summed E-state index contributed by atoms with van der Waals surface area (Å²) in [7, 11) is 0. The third-order valence-electron chi connectivity index (χ3n) is 3.52. The molecule has 96 valence electrons. The molecule has 0 unspecified atom stereocenters. The summed E-state index contributed by atoms with van der Waals surface area (Å²) < 4.78 is 0. The molecule has 1 aromatic carbocycles. The highest BCUT2D eigenvalue weighted by Crippen LogP contribution is 2.32. The van der Waals surface area contributed by atoms with Crippen molar-refractivity contribution in [3.63, 3.8) is 0 Å². The molecule has 1 heterocycles. The summed E-state index contributed by atoms with van der Waals surface area (Å²) in [4.78, 5) is 4.55. The van der Waals surface area contributed by atoms with Gasteiger partial charge in [0, 0.05) is 18.2 Å². The second-order valence-corrected chi connectivity index (χ2v) is 4.65. The summed E-state index contributed by atoms with van der Waals surface area (Å²) >= 11 is 0. The Morgan fingerprint density at radius 1 is 1.11 bits per heavy atom. The quantitative estimate of drug-likeness (QED) is 0.728. The average Bonchev–Trinajstić information content (AvgIpc) is 2.56. The number of rotatable bonds is 2. The monoisotopic (exact) mass is 249 g/mol. The van der Waals surface area contributed by atoms with E-state index < -0.39 is 0 Å². The molecule has 1 heteroatoms. The van der Waals surface area contributed by atoms with Gasteiger partial charge >= 0.3 is 0 Å². The van der Waals surface area contributed by atoms with E-state index in [-0.39, 0.29) is 0 Å². The molecule has 0 bridgehead atoms. The maximum atomic E-state index is 4.55. The molecule has 0 N–H and O–H groups in total. The standard InChI is InChI=1S/C18H19N/c1-5-7-17-16-10-9-13(3)14(4)15(16)11-12-19-18(17)8-6-2/h5-10,12H,1-2,11H2,3-4H3/b17-7-,18-8+. The lowest BCUT2D eigenvalue weighted by atomic mass is 9.90. The number of allylic oxidation sites excluding steroid dienone is 5. The summed E-state index contributed by atoms with van der Waals surface area (Å²) in [5, 5.41) is 0. The van der Waals surface area contributed by atoms with Crippen LogP contribution < -0.4 is 0 Å². The van der Waals surface area contributed by atoms with Crippen molar-refractivity contribution in [3.05, 3.63) is 77.5 Å². The summed E-state index contributed by atoms with van der Waals surface area (Å²) in [5.41, 5.74) is 7.32. The van der Waals surface area contributed by atoms with Gasteiger partial charge < -0.3 is 0 Å². The summed E-state index contributed by atoms with van der Waals surface area (Å²) in [5.74, 6) is 0. The minimum Gasteiger partial charge on any atom is -0.260 e.